The van der Waals surface area contributed by atoms with Gasteiger partial charge < -0.3 is 9.47 Å². The smallest absolute Gasteiger partial charge is 0.161 e. The van der Waals surface area contributed by atoms with Crippen molar-refractivity contribution in [2.45, 2.75) is 19.3 Å². The van der Waals surface area contributed by atoms with Gasteiger partial charge in [-0.25, -0.2) is 0 Å². The minimum Gasteiger partial charge on any atom is -0.493 e. The first-order chi connectivity index (χ1) is 9.28. The summed E-state index contributed by atoms with van der Waals surface area (Å²) in [5.74, 6) is 2.27. The van der Waals surface area contributed by atoms with Crippen LogP contribution in [0, 0.1) is 0 Å². The third-order valence-electron chi connectivity index (χ3n) is 3.26. The molecule has 102 valence electrons. The van der Waals surface area contributed by atoms with Crippen molar-refractivity contribution in [2.24, 2.45) is 0 Å². The lowest BCUT2D eigenvalue weighted by Crippen LogP contribution is -1.91. The van der Waals surface area contributed by atoms with Gasteiger partial charge in [0.2, 0.25) is 0 Å². The number of ether oxygens (including phenoxy) is 2. The Morgan fingerprint density at radius 1 is 0.895 bits per heavy atom. The van der Waals surface area contributed by atoms with Crippen LogP contribution in [0.4, 0.5) is 0 Å². The highest BCUT2D eigenvalue weighted by Gasteiger charge is 2.06. The van der Waals surface area contributed by atoms with Gasteiger partial charge in [0.1, 0.15) is 0 Å². The SMILES string of the molecule is COc1cc2ccc(CCCCCl)cc2cc1OC. The van der Waals surface area contributed by atoms with Crippen LogP contribution in [0.25, 0.3) is 10.8 Å². The average Bonchev–Trinajstić information content (AvgIpc) is 2.46. The lowest BCUT2D eigenvalue weighted by molar-refractivity contribution is 0.356. The van der Waals surface area contributed by atoms with Gasteiger partial charge in [0.15, 0.2) is 11.5 Å². The highest BCUT2D eigenvalue weighted by Crippen LogP contribution is 2.32. The summed E-state index contributed by atoms with van der Waals surface area (Å²) in [6.45, 7) is 0. The molecule has 0 bridgehead atoms. The molecule has 0 spiro atoms. The van der Waals surface area contributed by atoms with Gasteiger partial charge in [-0.2, -0.15) is 0 Å². The van der Waals surface area contributed by atoms with Gasteiger partial charge in [0.05, 0.1) is 14.2 Å². The Labute approximate surface area is 119 Å². The topological polar surface area (TPSA) is 18.5 Å². The van der Waals surface area contributed by atoms with Crippen molar-refractivity contribution in [1.82, 2.24) is 0 Å². The van der Waals surface area contributed by atoms with E-state index in [-0.39, 0.29) is 0 Å². The van der Waals surface area contributed by atoms with Gasteiger partial charge in [-0.3, -0.25) is 0 Å². The zero-order chi connectivity index (χ0) is 13.7. The molecule has 0 fully saturated rings. The quantitative estimate of drug-likeness (QED) is 0.575. The fourth-order valence-corrected chi connectivity index (χ4v) is 2.39. The van der Waals surface area contributed by atoms with E-state index in [1.54, 1.807) is 14.2 Å². The standard InChI is InChI=1S/C16H19ClO2/c1-18-15-10-13-7-6-12(5-3-4-8-17)9-14(13)11-16(15)19-2/h6-7,9-11H,3-5,8H2,1-2H3. The first kappa shape index (κ1) is 14.0. The molecule has 0 aliphatic carbocycles. The second-order valence-corrected chi connectivity index (χ2v) is 4.91. The summed E-state index contributed by atoms with van der Waals surface area (Å²) in [5.41, 5.74) is 1.34. The molecule has 0 aromatic heterocycles. The molecule has 2 aromatic carbocycles. The second kappa shape index (κ2) is 6.67. The molecule has 0 aliphatic heterocycles. The maximum atomic E-state index is 5.71. The van der Waals surface area contributed by atoms with E-state index in [4.69, 9.17) is 21.1 Å². The third-order valence-corrected chi connectivity index (χ3v) is 3.52. The second-order valence-electron chi connectivity index (χ2n) is 4.53. The van der Waals surface area contributed by atoms with Crippen LogP contribution in [0.5, 0.6) is 11.5 Å². The molecule has 2 aromatic rings. The van der Waals surface area contributed by atoms with Crippen LogP contribution in [-0.2, 0) is 6.42 Å². The van der Waals surface area contributed by atoms with Crippen LogP contribution in [0.15, 0.2) is 30.3 Å². The van der Waals surface area contributed by atoms with Gasteiger partial charge in [-0.05, 0) is 47.7 Å². The highest BCUT2D eigenvalue weighted by atomic mass is 35.5. The Morgan fingerprint density at radius 2 is 1.58 bits per heavy atom. The Hall–Kier alpha value is -1.41. The summed E-state index contributed by atoms with van der Waals surface area (Å²) in [4.78, 5) is 0. The van der Waals surface area contributed by atoms with E-state index in [0.29, 0.717) is 0 Å². The molecule has 0 N–H and O–H groups in total. The number of halogens is 1. The van der Waals surface area contributed by atoms with Crippen LogP contribution in [0.2, 0.25) is 0 Å². The number of rotatable bonds is 6. The molecule has 0 aliphatic rings. The summed E-state index contributed by atoms with van der Waals surface area (Å²) in [5, 5.41) is 2.35. The molecule has 0 saturated carbocycles. The summed E-state index contributed by atoms with van der Waals surface area (Å²) >= 11 is 5.71. The summed E-state index contributed by atoms with van der Waals surface area (Å²) in [6.07, 6.45) is 3.25. The molecule has 0 amide bonds. The first-order valence-electron chi connectivity index (χ1n) is 6.49. The number of alkyl halides is 1. The van der Waals surface area contributed by atoms with E-state index in [0.717, 1.165) is 36.6 Å². The van der Waals surface area contributed by atoms with Crippen LogP contribution in [0.1, 0.15) is 18.4 Å². The van der Waals surface area contributed by atoms with Gasteiger partial charge in [-0.15, -0.1) is 11.6 Å². The zero-order valence-corrected chi connectivity index (χ0v) is 12.2. The summed E-state index contributed by atoms with van der Waals surface area (Å²) < 4.78 is 10.7. The minimum atomic E-state index is 0.735. The van der Waals surface area contributed by atoms with Crippen molar-refractivity contribution in [1.29, 1.82) is 0 Å². The largest absolute Gasteiger partial charge is 0.493 e. The molecular formula is C16H19ClO2. The average molecular weight is 279 g/mol. The molecule has 0 saturated heterocycles. The molecule has 0 radical (unpaired) electrons. The Bertz CT molecular complexity index is 552. The molecule has 3 heteroatoms. The van der Waals surface area contributed by atoms with Crippen LogP contribution < -0.4 is 9.47 Å². The molecule has 0 atom stereocenters. The number of hydrogen-bond acceptors (Lipinski definition) is 2. The minimum absolute atomic E-state index is 0.735. The van der Waals surface area contributed by atoms with Gasteiger partial charge in [0.25, 0.3) is 0 Å². The van der Waals surface area contributed by atoms with E-state index in [1.807, 2.05) is 12.1 Å². The lowest BCUT2D eigenvalue weighted by Gasteiger charge is -2.10. The molecule has 19 heavy (non-hydrogen) atoms. The maximum absolute atomic E-state index is 5.71. The van der Waals surface area contributed by atoms with E-state index >= 15 is 0 Å². The zero-order valence-electron chi connectivity index (χ0n) is 11.4. The van der Waals surface area contributed by atoms with Gasteiger partial charge >= 0.3 is 0 Å². The normalized spacial score (nSPS) is 10.7. The van der Waals surface area contributed by atoms with Crippen molar-refractivity contribution in [3.05, 3.63) is 35.9 Å². The van der Waals surface area contributed by atoms with Crippen LogP contribution in [0.3, 0.4) is 0 Å². The highest BCUT2D eigenvalue weighted by molar-refractivity contribution is 6.17. The van der Waals surface area contributed by atoms with E-state index in [1.165, 1.54) is 16.3 Å². The van der Waals surface area contributed by atoms with Crippen molar-refractivity contribution >= 4 is 22.4 Å². The van der Waals surface area contributed by atoms with E-state index in [2.05, 4.69) is 18.2 Å². The molecule has 0 heterocycles. The van der Waals surface area contributed by atoms with Crippen molar-refractivity contribution in [3.63, 3.8) is 0 Å². The fraction of sp³-hybridized carbons (Fsp3) is 0.375. The van der Waals surface area contributed by atoms with Crippen molar-refractivity contribution in [3.8, 4) is 11.5 Å². The lowest BCUT2D eigenvalue weighted by atomic mass is 10.0. The number of hydrogen-bond donors (Lipinski definition) is 0. The third kappa shape index (κ3) is 3.32. The predicted octanol–water partition coefficient (Wildman–Crippen LogP) is 4.42. The summed E-state index contributed by atoms with van der Waals surface area (Å²) in [7, 11) is 3.32. The number of unbranched alkanes of at least 4 members (excludes halogenated alkanes) is 1. The molecule has 0 unspecified atom stereocenters. The van der Waals surface area contributed by atoms with Crippen LogP contribution >= 0.6 is 11.6 Å². The summed E-state index contributed by atoms with van der Waals surface area (Å²) in [6, 6.07) is 10.6. The number of aryl methyl sites for hydroxylation is 1. The van der Waals surface area contributed by atoms with Crippen LogP contribution in [-0.4, -0.2) is 20.1 Å². The Balaban J connectivity index is 2.31. The van der Waals surface area contributed by atoms with Gasteiger partial charge in [-0.1, -0.05) is 18.2 Å². The monoisotopic (exact) mass is 278 g/mol. The van der Waals surface area contributed by atoms with E-state index in [9.17, 15) is 0 Å². The first-order valence-corrected chi connectivity index (χ1v) is 7.02. The Kier molecular flexibility index (Phi) is 4.92. The Morgan fingerprint density at radius 3 is 2.21 bits per heavy atom. The maximum Gasteiger partial charge on any atom is 0.161 e. The van der Waals surface area contributed by atoms with Gasteiger partial charge in [0, 0.05) is 5.88 Å². The molecular weight excluding hydrogens is 260 g/mol. The van der Waals surface area contributed by atoms with E-state index < -0.39 is 0 Å². The van der Waals surface area contributed by atoms with Crippen molar-refractivity contribution in [2.75, 3.05) is 20.1 Å². The predicted molar refractivity (Wildman–Crippen MR) is 80.7 cm³/mol. The van der Waals surface area contributed by atoms with Crippen molar-refractivity contribution < 1.29 is 9.47 Å². The molecule has 2 nitrogen and oxygen atoms in total. The number of benzene rings is 2. The number of methoxy groups -OCH3 is 2. The fourth-order valence-electron chi connectivity index (χ4n) is 2.20. The number of fused-ring (bicyclic) bond motifs is 1. The molecule has 2 rings (SSSR count).